The van der Waals surface area contributed by atoms with Crippen molar-refractivity contribution < 1.29 is 5.11 Å². The predicted molar refractivity (Wildman–Crippen MR) is 60.0 cm³/mol. The van der Waals surface area contributed by atoms with E-state index in [1.54, 1.807) is 6.20 Å². The van der Waals surface area contributed by atoms with Gasteiger partial charge in [-0.05, 0) is 42.0 Å². The molecule has 0 radical (unpaired) electrons. The van der Waals surface area contributed by atoms with Crippen LogP contribution in [0, 0.1) is 0 Å². The molecule has 4 heteroatoms. The van der Waals surface area contributed by atoms with Gasteiger partial charge in [-0.1, -0.05) is 0 Å². The number of hydrogen-bond donors (Lipinski definition) is 1. The van der Waals surface area contributed by atoms with Crippen molar-refractivity contribution in [2.24, 2.45) is 0 Å². The smallest absolute Gasteiger partial charge is 0.0584 e. The molecule has 1 rings (SSSR count). The largest absolute Gasteiger partial charge is 0.395 e. The molecule has 0 saturated carbocycles. The first-order valence-corrected chi connectivity index (χ1v) is 5.34. The lowest BCUT2D eigenvalue weighted by Gasteiger charge is -2.22. The van der Waals surface area contributed by atoms with Crippen LogP contribution >= 0.6 is 15.9 Å². The van der Waals surface area contributed by atoms with E-state index in [1.165, 1.54) is 0 Å². The van der Waals surface area contributed by atoms with Gasteiger partial charge < -0.3 is 5.11 Å². The number of pyridine rings is 1. The van der Waals surface area contributed by atoms with Gasteiger partial charge in [0.05, 0.1) is 12.3 Å². The molecule has 1 aromatic rings. The Morgan fingerprint density at radius 1 is 1.57 bits per heavy atom. The molecule has 1 heterocycles. The van der Waals surface area contributed by atoms with Gasteiger partial charge in [0.1, 0.15) is 0 Å². The minimum Gasteiger partial charge on any atom is -0.395 e. The Bertz CT molecular complexity index is 276. The topological polar surface area (TPSA) is 36.4 Å². The van der Waals surface area contributed by atoms with Crippen LogP contribution in [0.25, 0.3) is 0 Å². The van der Waals surface area contributed by atoms with Gasteiger partial charge in [-0.2, -0.15) is 0 Å². The van der Waals surface area contributed by atoms with E-state index in [9.17, 15) is 0 Å². The maximum Gasteiger partial charge on any atom is 0.0584 e. The van der Waals surface area contributed by atoms with Gasteiger partial charge in [0.25, 0.3) is 0 Å². The molecule has 0 fully saturated rings. The van der Waals surface area contributed by atoms with E-state index in [-0.39, 0.29) is 12.6 Å². The number of aliphatic hydroxyl groups excluding tert-OH is 1. The quantitative estimate of drug-likeness (QED) is 0.893. The summed E-state index contributed by atoms with van der Waals surface area (Å²) in [6.07, 6.45) is 1.78. The maximum atomic E-state index is 8.96. The maximum absolute atomic E-state index is 8.96. The molecule has 0 spiro atoms. The minimum atomic E-state index is 0.167. The third-order valence-corrected chi connectivity index (χ3v) is 2.69. The lowest BCUT2D eigenvalue weighted by Crippen LogP contribution is -2.31. The zero-order valence-corrected chi connectivity index (χ0v) is 10.0. The zero-order chi connectivity index (χ0) is 10.6. The summed E-state index contributed by atoms with van der Waals surface area (Å²) in [5.41, 5.74) is 1.01. The van der Waals surface area contributed by atoms with Crippen LogP contribution in [0.4, 0.5) is 0 Å². The van der Waals surface area contributed by atoms with E-state index < -0.39 is 0 Å². The fourth-order valence-electron chi connectivity index (χ4n) is 1.05. The first-order chi connectivity index (χ1) is 6.63. The summed E-state index contributed by atoms with van der Waals surface area (Å²) in [7, 11) is 1.98. The third kappa shape index (κ3) is 3.36. The summed E-state index contributed by atoms with van der Waals surface area (Å²) in [6.45, 7) is 2.92. The van der Waals surface area contributed by atoms with E-state index in [4.69, 9.17) is 5.11 Å². The molecule has 1 N–H and O–H groups in total. The van der Waals surface area contributed by atoms with Crippen molar-refractivity contribution >= 4 is 15.9 Å². The Labute approximate surface area is 92.9 Å². The Morgan fingerprint density at radius 2 is 2.29 bits per heavy atom. The average Bonchev–Trinajstić information content (AvgIpc) is 2.20. The summed E-state index contributed by atoms with van der Waals surface area (Å²) in [5, 5.41) is 8.96. The molecule has 1 atom stereocenters. The van der Waals surface area contributed by atoms with Crippen molar-refractivity contribution in [2.45, 2.75) is 19.5 Å². The minimum absolute atomic E-state index is 0.167. The first-order valence-electron chi connectivity index (χ1n) is 4.55. The molecule has 3 nitrogen and oxygen atoms in total. The summed E-state index contributed by atoms with van der Waals surface area (Å²) in [5.74, 6) is 0. The highest BCUT2D eigenvalue weighted by Gasteiger charge is 2.08. The fraction of sp³-hybridized carbons (Fsp3) is 0.500. The number of rotatable bonds is 4. The number of halogens is 1. The normalized spacial score (nSPS) is 13.2. The Hall–Kier alpha value is -0.450. The van der Waals surface area contributed by atoms with Gasteiger partial charge in [-0.25, -0.2) is 0 Å². The molecule has 0 aromatic carbocycles. The zero-order valence-electron chi connectivity index (χ0n) is 8.44. The monoisotopic (exact) mass is 258 g/mol. The molecule has 14 heavy (non-hydrogen) atoms. The average molecular weight is 259 g/mol. The van der Waals surface area contributed by atoms with Crippen molar-refractivity contribution in [2.75, 3.05) is 13.7 Å². The van der Waals surface area contributed by atoms with Gasteiger partial charge in [0.15, 0.2) is 0 Å². The Kier molecular flexibility index (Phi) is 4.51. The highest BCUT2D eigenvalue weighted by atomic mass is 79.9. The lowest BCUT2D eigenvalue weighted by molar-refractivity contribution is 0.153. The van der Waals surface area contributed by atoms with E-state index in [0.29, 0.717) is 0 Å². The van der Waals surface area contributed by atoms with Crippen molar-refractivity contribution in [1.29, 1.82) is 0 Å². The molecule has 0 aliphatic carbocycles. The summed E-state index contributed by atoms with van der Waals surface area (Å²) in [4.78, 5) is 6.33. The molecule has 78 valence electrons. The summed E-state index contributed by atoms with van der Waals surface area (Å²) >= 11 is 3.34. The van der Waals surface area contributed by atoms with Gasteiger partial charge in [0, 0.05) is 23.3 Å². The van der Waals surface area contributed by atoms with Crippen molar-refractivity contribution in [1.82, 2.24) is 9.88 Å². The van der Waals surface area contributed by atoms with E-state index in [1.807, 2.05) is 26.1 Å². The van der Waals surface area contributed by atoms with Crippen LogP contribution in [0.5, 0.6) is 0 Å². The summed E-state index contributed by atoms with van der Waals surface area (Å²) < 4.78 is 0.985. The number of hydrogen-bond acceptors (Lipinski definition) is 3. The fourth-order valence-corrected chi connectivity index (χ4v) is 1.29. The van der Waals surface area contributed by atoms with E-state index >= 15 is 0 Å². The van der Waals surface area contributed by atoms with Crippen molar-refractivity contribution in [3.05, 3.63) is 28.5 Å². The molecule has 0 amide bonds. The van der Waals surface area contributed by atoms with Crippen molar-refractivity contribution in [3.63, 3.8) is 0 Å². The van der Waals surface area contributed by atoms with Gasteiger partial charge in [-0.15, -0.1) is 0 Å². The molecule has 0 aliphatic rings. The van der Waals surface area contributed by atoms with Crippen LogP contribution in [0.15, 0.2) is 22.8 Å². The second-order valence-electron chi connectivity index (χ2n) is 3.41. The second-order valence-corrected chi connectivity index (χ2v) is 4.33. The van der Waals surface area contributed by atoms with E-state index in [0.717, 1.165) is 16.7 Å². The van der Waals surface area contributed by atoms with Crippen LogP contribution in [-0.4, -0.2) is 34.7 Å². The van der Waals surface area contributed by atoms with E-state index in [2.05, 4.69) is 25.8 Å². The lowest BCUT2D eigenvalue weighted by atomic mass is 10.3. The first kappa shape index (κ1) is 11.6. The summed E-state index contributed by atoms with van der Waals surface area (Å²) in [6, 6.07) is 4.12. The molecular formula is C10H15BrN2O. The number of aliphatic hydroxyl groups is 1. The standard InChI is InChI=1S/C10H15BrN2O/c1-8(7-14)13(2)6-10-4-3-9(11)5-12-10/h3-5,8,14H,6-7H2,1-2H3. The highest BCUT2D eigenvalue weighted by molar-refractivity contribution is 9.10. The third-order valence-electron chi connectivity index (χ3n) is 2.22. The number of likely N-dealkylation sites (N-methyl/N-ethyl adjacent to an activating group) is 1. The van der Waals surface area contributed by atoms with Crippen LogP contribution in [0.2, 0.25) is 0 Å². The Morgan fingerprint density at radius 3 is 2.79 bits per heavy atom. The molecule has 0 saturated heterocycles. The number of nitrogens with zero attached hydrogens (tertiary/aromatic N) is 2. The van der Waals surface area contributed by atoms with Crippen LogP contribution in [-0.2, 0) is 6.54 Å². The number of aromatic nitrogens is 1. The van der Waals surface area contributed by atoms with Gasteiger partial charge >= 0.3 is 0 Å². The van der Waals surface area contributed by atoms with Crippen LogP contribution < -0.4 is 0 Å². The van der Waals surface area contributed by atoms with Gasteiger partial charge in [-0.3, -0.25) is 9.88 Å². The SMILES string of the molecule is CC(CO)N(C)Cc1ccc(Br)cn1. The Balaban J connectivity index is 2.56. The van der Waals surface area contributed by atoms with Crippen LogP contribution in [0.1, 0.15) is 12.6 Å². The molecule has 0 aliphatic heterocycles. The molecule has 1 aromatic heterocycles. The molecule has 0 bridgehead atoms. The predicted octanol–water partition coefficient (Wildman–Crippen LogP) is 1.66. The second kappa shape index (κ2) is 5.44. The van der Waals surface area contributed by atoms with Crippen LogP contribution in [0.3, 0.4) is 0 Å². The van der Waals surface area contributed by atoms with Crippen molar-refractivity contribution in [3.8, 4) is 0 Å². The highest BCUT2D eigenvalue weighted by Crippen LogP contribution is 2.09. The van der Waals surface area contributed by atoms with Gasteiger partial charge in [0.2, 0.25) is 0 Å². The molecular weight excluding hydrogens is 244 g/mol. The molecule has 1 unspecified atom stereocenters.